The van der Waals surface area contributed by atoms with E-state index in [2.05, 4.69) is 10.3 Å². The Kier molecular flexibility index (Phi) is 3.61. The summed E-state index contributed by atoms with van der Waals surface area (Å²) in [6, 6.07) is 3.42. The molecule has 106 valence electrons. The van der Waals surface area contributed by atoms with Gasteiger partial charge in [0, 0.05) is 12.2 Å². The fraction of sp³-hybridized carbons (Fsp3) is 0.500. The molecule has 2 heterocycles. The molecule has 0 radical (unpaired) electrons. The van der Waals surface area contributed by atoms with Crippen LogP contribution in [0.2, 0.25) is 5.02 Å². The Hall–Kier alpha value is -1.62. The van der Waals surface area contributed by atoms with Gasteiger partial charge in [0.1, 0.15) is 12.2 Å². The molecule has 20 heavy (non-hydrogen) atoms. The molecule has 3 rings (SSSR count). The minimum atomic E-state index is -0.187. The SMILES string of the molecule is O=C1CN(C(=O)c2ccc(Cl)cn2)[C@@H]2CCCC[C@@H]2N1. The van der Waals surface area contributed by atoms with Crippen molar-refractivity contribution in [3.63, 3.8) is 0 Å². The highest BCUT2D eigenvalue weighted by Gasteiger charge is 2.39. The molecular weight excluding hydrogens is 278 g/mol. The van der Waals surface area contributed by atoms with Gasteiger partial charge in [0.05, 0.1) is 11.1 Å². The quantitative estimate of drug-likeness (QED) is 0.856. The van der Waals surface area contributed by atoms with Crippen LogP contribution in [0.5, 0.6) is 0 Å². The summed E-state index contributed by atoms with van der Waals surface area (Å²) in [7, 11) is 0. The maximum absolute atomic E-state index is 12.6. The van der Waals surface area contributed by atoms with Gasteiger partial charge in [-0.15, -0.1) is 0 Å². The first-order valence-corrected chi connectivity index (χ1v) is 7.25. The van der Waals surface area contributed by atoms with Crippen molar-refractivity contribution in [2.24, 2.45) is 0 Å². The van der Waals surface area contributed by atoms with E-state index in [1.165, 1.54) is 6.20 Å². The molecule has 0 aromatic carbocycles. The molecule has 1 N–H and O–H groups in total. The third kappa shape index (κ3) is 2.50. The molecule has 1 aliphatic carbocycles. The number of carbonyl (C=O) groups is 2. The molecule has 1 aliphatic heterocycles. The molecular formula is C14H16ClN3O2. The van der Waals surface area contributed by atoms with Crippen LogP contribution in [0.1, 0.15) is 36.2 Å². The minimum absolute atomic E-state index is 0.0845. The second-order valence-electron chi connectivity index (χ2n) is 5.32. The second-order valence-corrected chi connectivity index (χ2v) is 5.76. The summed E-state index contributed by atoms with van der Waals surface area (Å²) in [4.78, 5) is 30.1. The molecule has 6 heteroatoms. The highest BCUT2D eigenvalue weighted by Crippen LogP contribution is 2.26. The molecule has 2 amide bonds. The summed E-state index contributed by atoms with van der Waals surface area (Å²) in [5.41, 5.74) is 0.341. The summed E-state index contributed by atoms with van der Waals surface area (Å²) >= 11 is 5.78. The first-order chi connectivity index (χ1) is 9.65. The predicted molar refractivity (Wildman–Crippen MR) is 74.5 cm³/mol. The number of aromatic nitrogens is 1. The van der Waals surface area contributed by atoms with Gasteiger partial charge < -0.3 is 10.2 Å². The number of fused-ring (bicyclic) bond motifs is 1. The van der Waals surface area contributed by atoms with Crippen molar-refractivity contribution in [2.45, 2.75) is 37.8 Å². The van der Waals surface area contributed by atoms with Crippen LogP contribution in [0.3, 0.4) is 0 Å². The molecule has 1 aromatic heterocycles. The molecule has 1 saturated heterocycles. The summed E-state index contributed by atoms with van der Waals surface area (Å²) in [5.74, 6) is -0.274. The van der Waals surface area contributed by atoms with Gasteiger partial charge in [-0.2, -0.15) is 0 Å². The highest BCUT2D eigenvalue weighted by molar-refractivity contribution is 6.30. The first-order valence-electron chi connectivity index (χ1n) is 6.87. The highest BCUT2D eigenvalue weighted by atomic mass is 35.5. The summed E-state index contributed by atoms with van der Waals surface area (Å²) in [6.45, 7) is 0.115. The monoisotopic (exact) mass is 293 g/mol. The summed E-state index contributed by atoms with van der Waals surface area (Å²) < 4.78 is 0. The smallest absolute Gasteiger partial charge is 0.273 e. The average Bonchev–Trinajstić information content (AvgIpc) is 2.46. The minimum Gasteiger partial charge on any atom is -0.350 e. The summed E-state index contributed by atoms with van der Waals surface area (Å²) in [6.07, 6.45) is 5.52. The normalized spacial score (nSPS) is 25.9. The van der Waals surface area contributed by atoms with Crippen molar-refractivity contribution in [1.82, 2.24) is 15.2 Å². The largest absolute Gasteiger partial charge is 0.350 e. The van der Waals surface area contributed by atoms with Gasteiger partial charge >= 0.3 is 0 Å². The van der Waals surface area contributed by atoms with Gasteiger partial charge in [0.2, 0.25) is 5.91 Å². The molecule has 0 unspecified atom stereocenters. The van der Waals surface area contributed by atoms with Crippen molar-refractivity contribution in [3.05, 3.63) is 29.0 Å². The van der Waals surface area contributed by atoms with Crippen molar-refractivity contribution in [2.75, 3.05) is 6.54 Å². The van der Waals surface area contributed by atoms with Gasteiger partial charge in [-0.3, -0.25) is 9.59 Å². The number of halogens is 1. The molecule has 2 atom stereocenters. The molecule has 0 bridgehead atoms. The molecule has 0 spiro atoms. The number of hydrogen-bond acceptors (Lipinski definition) is 3. The van der Waals surface area contributed by atoms with Gasteiger partial charge in [-0.25, -0.2) is 4.98 Å². The lowest BCUT2D eigenvalue weighted by molar-refractivity contribution is -0.127. The van der Waals surface area contributed by atoms with E-state index in [0.717, 1.165) is 25.7 Å². The van der Waals surface area contributed by atoms with E-state index < -0.39 is 0 Å². The number of nitrogens with one attached hydrogen (secondary N) is 1. The van der Waals surface area contributed by atoms with Crippen LogP contribution in [0.15, 0.2) is 18.3 Å². The van der Waals surface area contributed by atoms with Crippen molar-refractivity contribution >= 4 is 23.4 Å². The van der Waals surface area contributed by atoms with Crippen LogP contribution in [-0.4, -0.2) is 40.3 Å². The zero-order valence-corrected chi connectivity index (χ0v) is 11.8. The zero-order chi connectivity index (χ0) is 14.1. The number of amides is 2. The third-order valence-corrected chi connectivity index (χ3v) is 4.22. The van der Waals surface area contributed by atoms with Crippen molar-refractivity contribution in [1.29, 1.82) is 0 Å². The average molecular weight is 294 g/mol. The number of rotatable bonds is 1. The predicted octanol–water partition coefficient (Wildman–Crippen LogP) is 1.62. The van der Waals surface area contributed by atoms with Crippen LogP contribution in [0.4, 0.5) is 0 Å². The van der Waals surface area contributed by atoms with E-state index in [4.69, 9.17) is 11.6 Å². The van der Waals surface area contributed by atoms with Gasteiger partial charge in [-0.1, -0.05) is 24.4 Å². The Morgan fingerprint density at radius 2 is 2.15 bits per heavy atom. The van der Waals surface area contributed by atoms with Gasteiger partial charge in [0.15, 0.2) is 0 Å². The first kappa shape index (κ1) is 13.4. The van der Waals surface area contributed by atoms with Crippen LogP contribution in [-0.2, 0) is 4.79 Å². The Labute approximate surface area is 122 Å². The van der Waals surface area contributed by atoms with Gasteiger partial charge in [0.25, 0.3) is 5.91 Å². The Bertz CT molecular complexity index is 532. The Morgan fingerprint density at radius 3 is 2.90 bits per heavy atom. The van der Waals surface area contributed by atoms with E-state index in [1.807, 2.05) is 0 Å². The Morgan fingerprint density at radius 1 is 1.35 bits per heavy atom. The standard InChI is InChI=1S/C14H16ClN3O2/c15-9-5-6-11(16-7-9)14(20)18-8-13(19)17-10-3-1-2-4-12(10)18/h5-7,10,12H,1-4,8H2,(H,17,19)/t10-,12+/m0/s1. The van der Waals surface area contributed by atoms with E-state index in [-0.39, 0.29) is 30.4 Å². The topological polar surface area (TPSA) is 62.3 Å². The number of piperazine rings is 1. The third-order valence-electron chi connectivity index (χ3n) is 4.00. The van der Waals surface area contributed by atoms with Crippen molar-refractivity contribution in [3.8, 4) is 0 Å². The second kappa shape index (κ2) is 5.40. The van der Waals surface area contributed by atoms with Crippen LogP contribution in [0.25, 0.3) is 0 Å². The van der Waals surface area contributed by atoms with E-state index >= 15 is 0 Å². The lowest BCUT2D eigenvalue weighted by atomic mass is 9.87. The van der Waals surface area contributed by atoms with Gasteiger partial charge in [-0.05, 0) is 25.0 Å². The molecule has 2 aliphatic rings. The number of nitrogens with zero attached hydrogens (tertiary/aromatic N) is 2. The number of carbonyl (C=O) groups excluding carboxylic acids is 2. The lowest BCUT2D eigenvalue weighted by Gasteiger charge is -2.43. The van der Waals surface area contributed by atoms with E-state index in [1.54, 1.807) is 17.0 Å². The maximum Gasteiger partial charge on any atom is 0.273 e. The molecule has 1 aromatic rings. The number of hydrogen-bond donors (Lipinski definition) is 1. The molecule has 5 nitrogen and oxygen atoms in total. The lowest BCUT2D eigenvalue weighted by Crippen LogP contribution is -2.63. The fourth-order valence-electron chi connectivity index (χ4n) is 3.05. The number of pyridine rings is 1. The van der Waals surface area contributed by atoms with E-state index in [9.17, 15) is 9.59 Å². The molecule has 1 saturated carbocycles. The maximum atomic E-state index is 12.6. The van der Waals surface area contributed by atoms with Crippen LogP contribution in [0, 0.1) is 0 Å². The van der Waals surface area contributed by atoms with Crippen LogP contribution >= 0.6 is 11.6 Å². The zero-order valence-electron chi connectivity index (χ0n) is 11.0. The van der Waals surface area contributed by atoms with Crippen molar-refractivity contribution < 1.29 is 9.59 Å². The fourth-order valence-corrected chi connectivity index (χ4v) is 3.16. The summed E-state index contributed by atoms with van der Waals surface area (Å²) in [5, 5.41) is 3.48. The van der Waals surface area contributed by atoms with Crippen LogP contribution < -0.4 is 5.32 Å². The molecule has 2 fully saturated rings. The van der Waals surface area contributed by atoms with E-state index in [0.29, 0.717) is 10.7 Å². The Balaban J connectivity index is 1.84.